The highest BCUT2D eigenvalue weighted by molar-refractivity contribution is 5.24. The molecule has 1 heterocycles. The normalized spacial score (nSPS) is 24.1. The van der Waals surface area contributed by atoms with Gasteiger partial charge in [-0.25, -0.2) is 0 Å². The summed E-state index contributed by atoms with van der Waals surface area (Å²) in [7, 11) is 1.82. The highest BCUT2D eigenvalue weighted by Gasteiger charge is 2.31. The first-order valence-electron chi connectivity index (χ1n) is 6.00. The molecule has 0 saturated carbocycles. The van der Waals surface area contributed by atoms with Gasteiger partial charge in [-0.05, 0) is 24.7 Å². The van der Waals surface area contributed by atoms with Crippen molar-refractivity contribution >= 4 is 0 Å². The van der Waals surface area contributed by atoms with Crippen molar-refractivity contribution in [2.24, 2.45) is 0 Å². The maximum absolute atomic E-state index is 12.4. The molecule has 0 unspecified atom stereocenters. The Balaban J connectivity index is 1.99. The van der Waals surface area contributed by atoms with Crippen molar-refractivity contribution in [3.63, 3.8) is 0 Å². The lowest BCUT2D eigenvalue weighted by Crippen LogP contribution is -2.39. The van der Waals surface area contributed by atoms with Gasteiger partial charge >= 0.3 is 6.18 Å². The molecule has 1 aromatic carbocycles. The zero-order chi connectivity index (χ0) is 14.0. The fraction of sp³-hybridized carbons (Fsp3) is 0.538. The van der Waals surface area contributed by atoms with Crippen LogP contribution in [0.5, 0.6) is 0 Å². The summed E-state index contributed by atoms with van der Waals surface area (Å²) in [6, 6.07) is 4.96. The highest BCUT2D eigenvalue weighted by atomic mass is 19.4. The quantitative estimate of drug-likeness (QED) is 0.914. The maximum Gasteiger partial charge on any atom is 0.416 e. The molecule has 1 saturated heterocycles. The first-order valence-corrected chi connectivity index (χ1v) is 6.00. The van der Waals surface area contributed by atoms with Crippen LogP contribution in [-0.2, 0) is 17.5 Å². The third-order valence-corrected chi connectivity index (χ3v) is 3.30. The van der Waals surface area contributed by atoms with Crippen LogP contribution in [0.4, 0.5) is 13.2 Å². The second-order valence-electron chi connectivity index (χ2n) is 4.78. The van der Waals surface area contributed by atoms with E-state index in [0.29, 0.717) is 19.8 Å². The summed E-state index contributed by atoms with van der Waals surface area (Å²) < 4.78 is 42.4. The molecule has 0 bridgehead atoms. The fourth-order valence-corrected chi connectivity index (χ4v) is 2.16. The minimum absolute atomic E-state index is 0.109. The van der Waals surface area contributed by atoms with Crippen molar-refractivity contribution in [1.29, 1.82) is 0 Å². The number of hydrogen-bond donors (Lipinski definition) is 1. The van der Waals surface area contributed by atoms with Gasteiger partial charge in [0.25, 0.3) is 0 Å². The van der Waals surface area contributed by atoms with Crippen LogP contribution in [0.15, 0.2) is 24.3 Å². The van der Waals surface area contributed by atoms with Crippen molar-refractivity contribution in [3.8, 4) is 0 Å². The molecule has 106 valence electrons. The Morgan fingerprint density at radius 2 is 1.89 bits per heavy atom. The van der Waals surface area contributed by atoms with Gasteiger partial charge in [-0.2, -0.15) is 13.2 Å². The Bertz CT molecular complexity index is 419. The summed E-state index contributed by atoms with van der Waals surface area (Å²) in [5, 5.41) is 9.67. The third kappa shape index (κ3) is 3.46. The number of ether oxygens (including phenoxy) is 1. The van der Waals surface area contributed by atoms with Crippen LogP contribution in [0, 0.1) is 0 Å². The molecule has 1 aromatic rings. The Labute approximate surface area is 109 Å². The standard InChI is InChI=1S/C13H16F3NO2/c1-17(11-7-19-8-12(11)18)6-9-2-4-10(5-3-9)13(14,15)16/h2-5,11-12,18H,6-8H2,1H3/t11-,12-/m1/s1. The summed E-state index contributed by atoms with van der Waals surface area (Å²) in [5.41, 5.74) is 0.123. The van der Waals surface area contributed by atoms with E-state index >= 15 is 0 Å². The molecule has 1 N–H and O–H groups in total. The predicted molar refractivity (Wildman–Crippen MR) is 63.5 cm³/mol. The van der Waals surface area contributed by atoms with Crippen LogP contribution < -0.4 is 0 Å². The number of likely N-dealkylation sites (N-methyl/N-ethyl adjacent to an activating group) is 1. The number of alkyl halides is 3. The first-order chi connectivity index (χ1) is 8.88. The fourth-order valence-electron chi connectivity index (χ4n) is 2.16. The van der Waals surface area contributed by atoms with E-state index in [1.807, 2.05) is 11.9 Å². The van der Waals surface area contributed by atoms with Gasteiger partial charge in [0.1, 0.15) is 0 Å². The summed E-state index contributed by atoms with van der Waals surface area (Å²) >= 11 is 0. The molecular weight excluding hydrogens is 259 g/mol. The van der Waals surface area contributed by atoms with Gasteiger partial charge in [-0.15, -0.1) is 0 Å². The SMILES string of the molecule is CN(Cc1ccc(C(F)(F)F)cc1)[C@@H]1COC[C@H]1O. The number of rotatable bonds is 3. The zero-order valence-corrected chi connectivity index (χ0v) is 10.5. The molecule has 0 aromatic heterocycles. The Morgan fingerprint density at radius 3 is 2.37 bits per heavy atom. The van der Waals surface area contributed by atoms with Crippen molar-refractivity contribution in [2.75, 3.05) is 20.3 Å². The number of nitrogens with zero attached hydrogens (tertiary/aromatic N) is 1. The van der Waals surface area contributed by atoms with Gasteiger partial charge in [-0.1, -0.05) is 12.1 Å². The highest BCUT2D eigenvalue weighted by Crippen LogP contribution is 2.29. The lowest BCUT2D eigenvalue weighted by Gasteiger charge is -2.25. The lowest BCUT2D eigenvalue weighted by molar-refractivity contribution is -0.137. The smallest absolute Gasteiger partial charge is 0.389 e. The molecule has 6 heteroatoms. The van der Waals surface area contributed by atoms with Crippen LogP contribution in [0.3, 0.4) is 0 Å². The Hall–Kier alpha value is -1.11. The van der Waals surface area contributed by atoms with Crippen molar-refractivity contribution in [2.45, 2.75) is 24.9 Å². The molecule has 3 nitrogen and oxygen atoms in total. The Kier molecular flexibility index (Phi) is 4.13. The Morgan fingerprint density at radius 1 is 1.26 bits per heavy atom. The number of aliphatic hydroxyl groups excluding tert-OH is 1. The minimum Gasteiger partial charge on any atom is -0.389 e. The monoisotopic (exact) mass is 275 g/mol. The zero-order valence-electron chi connectivity index (χ0n) is 10.5. The van der Waals surface area contributed by atoms with Gasteiger partial charge in [0.05, 0.1) is 30.9 Å². The van der Waals surface area contributed by atoms with E-state index in [9.17, 15) is 18.3 Å². The van der Waals surface area contributed by atoms with Gasteiger partial charge in [0, 0.05) is 6.54 Å². The molecule has 1 aliphatic heterocycles. The minimum atomic E-state index is -4.31. The molecule has 19 heavy (non-hydrogen) atoms. The molecule has 2 rings (SSSR count). The van der Waals surface area contributed by atoms with E-state index < -0.39 is 17.8 Å². The van der Waals surface area contributed by atoms with E-state index in [1.165, 1.54) is 12.1 Å². The summed E-state index contributed by atoms with van der Waals surface area (Å²) in [6.45, 7) is 1.23. The van der Waals surface area contributed by atoms with Crippen LogP contribution in [0.25, 0.3) is 0 Å². The molecule has 1 aliphatic rings. The number of aliphatic hydroxyl groups is 1. The molecule has 0 spiro atoms. The second-order valence-corrected chi connectivity index (χ2v) is 4.78. The number of hydrogen-bond acceptors (Lipinski definition) is 3. The molecule has 2 atom stereocenters. The number of benzene rings is 1. The van der Waals surface area contributed by atoms with Crippen LogP contribution in [0.1, 0.15) is 11.1 Å². The van der Waals surface area contributed by atoms with Crippen LogP contribution in [-0.4, -0.2) is 42.4 Å². The molecule has 0 radical (unpaired) electrons. The van der Waals surface area contributed by atoms with Gasteiger partial charge in [0.2, 0.25) is 0 Å². The van der Waals surface area contributed by atoms with E-state index in [1.54, 1.807) is 0 Å². The average molecular weight is 275 g/mol. The molecule has 0 aliphatic carbocycles. The second kappa shape index (κ2) is 5.48. The van der Waals surface area contributed by atoms with Crippen molar-refractivity contribution in [1.82, 2.24) is 4.90 Å². The van der Waals surface area contributed by atoms with Crippen LogP contribution in [0.2, 0.25) is 0 Å². The summed E-state index contributed by atoms with van der Waals surface area (Å²) in [6.07, 6.45) is -4.85. The van der Waals surface area contributed by atoms with Gasteiger partial charge in [0.15, 0.2) is 0 Å². The van der Waals surface area contributed by atoms with E-state index in [-0.39, 0.29) is 6.04 Å². The molecular formula is C13H16F3NO2. The van der Waals surface area contributed by atoms with Crippen LogP contribution >= 0.6 is 0 Å². The average Bonchev–Trinajstić information content (AvgIpc) is 2.75. The van der Waals surface area contributed by atoms with E-state index in [2.05, 4.69) is 0 Å². The van der Waals surface area contributed by atoms with E-state index in [0.717, 1.165) is 17.7 Å². The maximum atomic E-state index is 12.4. The topological polar surface area (TPSA) is 32.7 Å². The first kappa shape index (κ1) is 14.3. The third-order valence-electron chi connectivity index (χ3n) is 3.30. The van der Waals surface area contributed by atoms with Gasteiger partial charge < -0.3 is 9.84 Å². The molecule has 1 fully saturated rings. The molecule has 0 amide bonds. The van der Waals surface area contributed by atoms with Gasteiger partial charge in [-0.3, -0.25) is 4.90 Å². The predicted octanol–water partition coefficient (Wildman–Crippen LogP) is 1.90. The van der Waals surface area contributed by atoms with E-state index in [4.69, 9.17) is 4.74 Å². The summed E-state index contributed by atoms with van der Waals surface area (Å²) in [5.74, 6) is 0. The summed E-state index contributed by atoms with van der Waals surface area (Å²) in [4.78, 5) is 1.89. The largest absolute Gasteiger partial charge is 0.416 e. The van der Waals surface area contributed by atoms with Crippen molar-refractivity contribution in [3.05, 3.63) is 35.4 Å². The lowest BCUT2D eigenvalue weighted by atomic mass is 10.1. The number of halogens is 3. The van der Waals surface area contributed by atoms with Crippen molar-refractivity contribution < 1.29 is 23.0 Å².